The maximum Gasteiger partial charge on any atom is 0.424 e. The van der Waals surface area contributed by atoms with Gasteiger partial charge in [0.1, 0.15) is 27.9 Å². The van der Waals surface area contributed by atoms with E-state index in [2.05, 4.69) is 4.98 Å². The Morgan fingerprint density at radius 1 is 1.04 bits per heavy atom. The van der Waals surface area contributed by atoms with E-state index in [0.717, 1.165) is 6.07 Å². The van der Waals surface area contributed by atoms with Gasteiger partial charge < -0.3 is 9.47 Å². The highest BCUT2D eigenvalue weighted by Crippen LogP contribution is 2.33. The number of amides is 2. The highest BCUT2D eigenvalue weighted by atomic mass is 35.5. The van der Waals surface area contributed by atoms with Crippen LogP contribution in [0.1, 0.15) is 41.5 Å². The first-order valence-corrected chi connectivity index (χ1v) is 8.66. The van der Waals surface area contributed by atoms with Crippen LogP contribution in [0.25, 0.3) is 10.8 Å². The molecule has 0 aliphatic heterocycles. The Bertz CT molecular complexity index is 854. The third kappa shape index (κ3) is 5.29. The van der Waals surface area contributed by atoms with Crippen molar-refractivity contribution in [2.24, 2.45) is 0 Å². The smallest absolute Gasteiger partial charge is 0.424 e. The molecule has 0 spiro atoms. The SMILES string of the molecule is CC(C)(C)OC(=O)N(C(=O)OC(C)(C)C)c1c(F)ccc2cnc(Cl)cc12. The number of pyridine rings is 1. The standard InChI is InChI=1S/C19H22ClFN2O4/c1-18(2,3)26-16(24)23(17(25)27-19(4,5)6)15-12-9-14(20)22-10-11(12)7-8-13(15)21/h7-10H,1-6H3. The number of hydrogen-bond donors (Lipinski definition) is 0. The molecule has 0 radical (unpaired) electrons. The van der Waals surface area contributed by atoms with Gasteiger partial charge in [-0.25, -0.2) is 19.0 Å². The zero-order chi connectivity index (χ0) is 20.6. The predicted octanol–water partition coefficient (Wildman–Crippen LogP) is 5.70. The average Bonchev–Trinajstić information content (AvgIpc) is 2.46. The molecule has 6 nitrogen and oxygen atoms in total. The van der Waals surface area contributed by atoms with Gasteiger partial charge in [0.05, 0.1) is 0 Å². The number of rotatable bonds is 1. The molecule has 0 fully saturated rings. The summed E-state index contributed by atoms with van der Waals surface area (Å²) in [4.78, 5) is 30.0. The summed E-state index contributed by atoms with van der Waals surface area (Å²) in [6, 6.07) is 3.98. The first-order chi connectivity index (χ1) is 12.3. The van der Waals surface area contributed by atoms with E-state index in [-0.39, 0.29) is 16.2 Å². The van der Waals surface area contributed by atoms with Crippen molar-refractivity contribution in [2.75, 3.05) is 4.90 Å². The van der Waals surface area contributed by atoms with Crippen molar-refractivity contribution in [1.82, 2.24) is 4.98 Å². The molecular formula is C19H22ClFN2O4. The van der Waals surface area contributed by atoms with Crippen LogP contribution in [0.4, 0.5) is 19.7 Å². The molecule has 2 aromatic rings. The molecule has 2 amide bonds. The minimum absolute atomic E-state index is 0.0858. The molecule has 0 aliphatic carbocycles. The molecule has 0 N–H and O–H groups in total. The van der Waals surface area contributed by atoms with Gasteiger partial charge in [0.25, 0.3) is 0 Å². The van der Waals surface area contributed by atoms with E-state index in [1.54, 1.807) is 41.5 Å². The summed E-state index contributed by atoms with van der Waals surface area (Å²) in [7, 11) is 0. The fourth-order valence-electron chi connectivity index (χ4n) is 2.25. The highest BCUT2D eigenvalue weighted by molar-refractivity contribution is 6.30. The van der Waals surface area contributed by atoms with E-state index in [4.69, 9.17) is 21.1 Å². The molecule has 0 saturated carbocycles. The molecule has 27 heavy (non-hydrogen) atoms. The Hall–Kier alpha value is -2.41. The van der Waals surface area contributed by atoms with Crippen LogP contribution in [0.15, 0.2) is 24.4 Å². The minimum atomic E-state index is -1.06. The zero-order valence-electron chi connectivity index (χ0n) is 16.1. The summed E-state index contributed by atoms with van der Waals surface area (Å²) in [6.07, 6.45) is -0.699. The zero-order valence-corrected chi connectivity index (χ0v) is 16.8. The summed E-state index contributed by atoms with van der Waals surface area (Å²) in [5.41, 5.74) is -2.12. The van der Waals surface area contributed by atoms with Crippen LogP contribution in [0, 0.1) is 5.82 Å². The Kier molecular flexibility index (Phi) is 5.65. The number of hydrogen-bond acceptors (Lipinski definition) is 5. The van der Waals surface area contributed by atoms with Gasteiger partial charge in [-0.05, 0) is 59.7 Å². The third-order valence-corrected chi connectivity index (χ3v) is 3.37. The van der Waals surface area contributed by atoms with Crippen molar-refractivity contribution in [3.8, 4) is 0 Å². The van der Waals surface area contributed by atoms with Gasteiger partial charge in [-0.2, -0.15) is 4.90 Å². The van der Waals surface area contributed by atoms with Crippen molar-refractivity contribution in [2.45, 2.75) is 52.7 Å². The maximum atomic E-state index is 14.8. The van der Waals surface area contributed by atoms with E-state index in [0.29, 0.717) is 10.3 Å². The number of anilines is 1. The molecule has 1 aromatic carbocycles. The number of halogens is 2. The molecule has 2 rings (SSSR count). The summed E-state index contributed by atoms with van der Waals surface area (Å²) in [6.45, 7) is 9.82. The molecule has 8 heteroatoms. The van der Waals surface area contributed by atoms with Gasteiger partial charge in [-0.15, -0.1) is 0 Å². The van der Waals surface area contributed by atoms with Crippen LogP contribution in [-0.4, -0.2) is 28.4 Å². The second-order valence-electron chi connectivity index (χ2n) is 7.92. The van der Waals surface area contributed by atoms with Crippen LogP contribution in [-0.2, 0) is 9.47 Å². The Balaban J connectivity index is 2.68. The van der Waals surface area contributed by atoms with Crippen LogP contribution >= 0.6 is 11.6 Å². The fourth-order valence-corrected chi connectivity index (χ4v) is 2.41. The Labute approximate surface area is 162 Å². The molecule has 0 atom stereocenters. The van der Waals surface area contributed by atoms with Crippen molar-refractivity contribution in [3.05, 3.63) is 35.4 Å². The van der Waals surface area contributed by atoms with E-state index in [1.165, 1.54) is 18.3 Å². The average molecular weight is 397 g/mol. The van der Waals surface area contributed by atoms with Crippen LogP contribution < -0.4 is 4.90 Å². The topological polar surface area (TPSA) is 68.7 Å². The van der Waals surface area contributed by atoms with Crippen molar-refractivity contribution in [1.29, 1.82) is 0 Å². The van der Waals surface area contributed by atoms with E-state index in [1.807, 2.05) is 0 Å². The largest absolute Gasteiger partial charge is 0.443 e. The number of ether oxygens (including phenoxy) is 2. The van der Waals surface area contributed by atoms with E-state index in [9.17, 15) is 14.0 Å². The number of carbonyl (C=O) groups excluding carboxylic acids is 2. The van der Waals surface area contributed by atoms with E-state index >= 15 is 0 Å². The molecule has 0 unspecified atom stereocenters. The normalized spacial score (nSPS) is 12.0. The second kappa shape index (κ2) is 7.31. The Morgan fingerprint density at radius 3 is 2.04 bits per heavy atom. The lowest BCUT2D eigenvalue weighted by atomic mass is 10.1. The quantitative estimate of drug-likeness (QED) is 0.578. The molecule has 1 heterocycles. The monoisotopic (exact) mass is 396 g/mol. The Morgan fingerprint density at radius 2 is 1.56 bits per heavy atom. The lowest BCUT2D eigenvalue weighted by molar-refractivity contribution is 0.0429. The molecular weight excluding hydrogens is 375 g/mol. The van der Waals surface area contributed by atoms with Crippen molar-refractivity contribution in [3.63, 3.8) is 0 Å². The lowest BCUT2D eigenvalue weighted by Gasteiger charge is -2.29. The molecule has 0 aliphatic rings. The second-order valence-corrected chi connectivity index (χ2v) is 8.31. The maximum absolute atomic E-state index is 14.8. The van der Waals surface area contributed by atoms with Gasteiger partial charge in [0.2, 0.25) is 0 Å². The number of imide groups is 1. The summed E-state index contributed by atoms with van der Waals surface area (Å²) in [5, 5.41) is 0.808. The van der Waals surface area contributed by atoms with Crippen LogP contribution in [0.5, 0.6) is 0 Å². The number of aromatic nitrogens is 1. The van der Waals surface area contributed by atoms with Gasteiger partial charge in [-0.1, -0.05) is 11.6 Å². The van der Waals surface area contributed by atoms with Gasteiger partial charge in [-0.3, -0.25) is 0 Å². The van der Waals surface area contributed by atoms with Crippen LogP contribution in [0.3, 0.4) is 0 Å². The van der Waals surface area contributed by atoms with Gasteiger partial charge in [0.15, 0.2) is 0 Å². The van der Waals surface area contributed by atoms with Crippen molar-refractivity contribution < 1.29 is 23.5 Å². The molecule has 146 valence electrons. The lowest BCUT2D eigenvalue weighted by Crippen LogP contribution is -2.44. The predicted molar refractivity (Wildman–Crippen MR) is 102 cm³/mol. The van der Waals surface area contributed by atoms with Gasteiger partial charge >= 0.3 is 12.2 Å². The first kappa shape index (κ1) is 20.9. The third-order valence-electron chi connectivity index (χ3n) is 3.17. The van der Waals surface area contributed by atoms with Gasteiger partial charge in [0, 0.05) is 17.0 Å². The molecule has 0 saturated heterocycles. The number of carbonyl (C=O) groups is 2. The summed E-state index contributed by atoms with van der Waals surface area (Å²) in [5.74, 6) is -0.804. The van der Waals surface area contributed by atoms with Crippen LogP contribution in [0.2, 0.25) is 5.15 Å². The summed E-state index contributed by atoms with van der Waals surface area (Å²) >= 11 is 5.94. The van der Waals surface area contributed by atoms with E-state index < -0.39 is 29.2 Å². The number of nitrogens with zero attached hydrogens (tertiary/aromatic N) is 2. The number of fused-ring (bicyclic) bond motifs is 1. The highest BCUT2D eigenvalue weighted by Gasteiger charge is 2.35. The summed E-state index contributed by atoms with van der Waals surface area (Å²) < 4.78 is 25.4. The first-order valence-electron chi connectivity index (χ1n) is 8.28. The van der Waals surface area contributed by atoms with Crippen molar-refractivity contribution >= 4 is 40.2 Å². The molecule has 0 bridgehead atoms. The molecule has 1 aromatic heterocycles. The fraction of sp³-hybridized carbons (Fsp3) is 0.421. The minimum Gasteiger partial charge on any atom is -0.443 e. The number of benzene rings is 1.